The molecule has 0 saturated carbocycles. The molecule has 108 valence electrons. The lowest BCUT2D eigenvalue weighted by Crippen LogP contribution is -2.48. The van der Waals surface area contributed by atoms with Crippen molar-refractivity contribution in [1.82, 2.24) is 9.80 Å². The minimum absolute atomic E-state index is 0.0682. The second-order valence-corrected chi connectivity index (χ2v) is 5.11. The van der Waals surface area contributed by atoms with Gasteiger partial charge in [-0.15, -0.1) is 0 Å². The molecular weight excluding hydrogens is 260 g/mol. The number of carbonyl (C=O) groups is 2. The topological polar surface area (TPSA) is 59.1 Å². The maximum absolute atomic E-state index is 10.8. The second-order valence-electron chi connectivity index (χ2n) is 5.11. The molecule has 2 atom stereocenters. The van der Waals surface area contributed by atoms with E-state index in [1.165, 1.54) is 0 Å². The van der Waals surface area contributed by atoms with Gasteiger partial charge in [-0.2, -0.15) is 0 Å². The summed E-state index contributed by atoms with van der Waals surface area (Å²) in [5, 5.41) is 0. The summed E-state index contributed by atoms with van der Waals surface area (Å²) in [5.41, 5.74) is 0. The average Bonchev–Trinajstić information content (AvgIpc) is 2.96. The van der Waals surface area contributed by atoms with Gasteiger partial charge in [0, 0.05) is 0 Å². The van der Waals surface area contributed by atoms with Crippen molar-refractivity contribution in [3.63, 3.8) is 0 Å². The third-order valence-electron chi connectivity index (χ3n) is 3.91. The number of fused-ring (bicyclic) bond motifs is 2. The first-order valence-electron chi connectivity index (χ1n) is 6.85. The summed E-state index contributed by atoms with van der Waals surface area (Å²) in [4.78, 5) is 25.1. The Kier molecular flexibility index (Phi) is 3.16. The van der Waals surface area contributed by atoms with E-state index in [-0.39, 0.29) is 24.3 Å². The molecular formula is C14H18N2O4. The van der Waals surface area contributed by atoms with E-state index < -0.39 is 0 Å². The quantitative estimate of drug-likeness (QED) is 0.619. The average molecular weight is 278 g/mol. The van der Waals surface area contributed by atoms with E-state index in [0.29, 0.717) is 25.9 Å². The van der Waals surface area contributed by atoms with Crippen LogP contribution in [0.1, 0.15) is 26.7 Å². The Hall–Kier alpha value is -1.98. The van der Waals surface area contributed by atoms with Gasteiger partial charge in [-0.1, -0.05) is 0 Å². The Labute approximate surface area is 117 Å². The van der Waals surface area contributed by atoms with Crippen molar-refractivity contribution in [1.29, 1.82) is 0 Å². The third kappa shape index (κ3) is 2.05. The van der Waals surface area contributed by atoms with Crippen molar-refractivity contribution in [2.45, 2.75) is 39.1 Å². The van der Waals surface area contributed by atoms with Gasteiger partial charge in [-0.3, -0.25) is 19.4 Å². The molecule has 0 unspecified atom stereocenters. The van der Waals surface area contributed by atoms with Crippen molar-refractivity contribution in [3.8, 4) is 0 Å². The number of carbonyl (C=O) groups excluding carboxylic acids is 2. The zero-order chi connectivity index (χ0) is 14.3. The number of β-lactam (4-membered cyclic amide) rings is 2. The molecule has 0 aliphatic carbocycles. The summed E-state index contributed by atoms with van der Waals surface area (Å²) in [6.45, 7) is 5.21. The highest BCUT2D eigenvalue weighted by atomic mass is 16.5. The van der Waals surface area contributed by atoms with Gasteiger partial charge >= 0.3 is 0 Å². The van der Waals surface area contributed by atoms with Gasteiger partial charge in [0.25, 0.3) is 0 Å². The van der Waals surface area contributed by atoms with Gasteiger partial charge < -0.3 is 9.47 Å². The molecule has 0 spiro atoms. The summed E-state index contributed by atoms with van der Waals surface area (Å²) < 4.78 is 10.7. The number of amides is 2. The minimum Gasteiger partial charge on any atom is -0.473 e. The predicted molar refractivity (Wildman–Crippen MR) is 69.9 cm³/mol. The summed E-state index contributed by atoms with van der Waals surface area (Å²) in [6, 6.07) is 0. The van der Waals surface area contributed by atoms with Crippen LogP contribution in [0.15, 0.2) is 23.7 Å². The maximum atomic E-state index is 10.8. The smallest absolute Gasteiger partial charge is 0.231 e. The van der Waals surface area contributed by atoms with Crippen LogP contribution in [-0.2, 0) is 19.1 Å². The first kappa shape index (κ1) is 13.0. The van der Waals surface area contributed by atoms with Crippen LogP contribution in [0.5, 0.6) is 0 Å². The molecule has 0 N–H and O–H groups in total. The van der Waals surface area contributed by atoms with Gasteiger partial charge in [0.2, 0.25) is 11.8 Å². The van der Waals surface area contributed by atoms with Crippen LogP contribution >= 0.6 is 0 Å². The zero-order valence-electron chi connectivity index (χ0n) is 11.7. The van der Waals surface area contributed by atoms with E-state index in [4.69, 9.17) is 9.47 Å². The van der Waals surface area contributed by atoms with Crippen molar-refractivity contribution in [2.24, 2.45) is 0 Å². The van der Waals surface area contributed by atoms with Crippen molar-refractivity contribution >= 4 is 11.8 Å². The number of allylic oxidation sites excluding steroid dienone is 2. The first-order chi connectivity index (χ1) is 9.62. The van der Waals surface area contributed by atoms with Crippen LogP contribution < -0.4 is 0 Å². The number of hydrogen-bond donors (Lipinski definition) is 0. The third-order valence-corrected chi connectivity index (χ3v) is 3.91. The van der Waals surface area contributed by atoms with E-state index in [2.05, 4.69) is 0 Å². The van der Waals surface area contributed by atoms with Gasteiger partial charge in [-0.05, 0) is 26.0 Å². The van der Waals surface area contributed by atoms with Crippen molar-refractivity contribution in [2.75, 3.05) is 13.1 Å². The molecule has 4 rings (SSSR count). The van der Waals surface area contributed by atoms with Crippen LogP contribution in [0.3, 0.4) is 0 Å². The fraction of sp³-hybridized carbons (Fsp3) is 0.571. The number of nitrogens with zero attached hydrogens (tertiary/aromatic N) is 2. The molecule has 6 heteroatoms. The summed E-state index contributed by atoms with van der Waals surface area (Å²) >= 11 is 0. The Morgan fingerprint density at radius 1 is 0.900 bits per heavy atom. The highest BCUT2D eigenvalue weighted by Gasteiger charge is 2.44. The Morgan fingerprint density at radius 3 is 1.55 bits per heavy atom. The lowest BCUT2D eigenvalue weighted by Gasteiger charge is -2.30. The number of rotatable bonds is 0. The standard InChI is InChI=1S/2C7H9NO2/c2*1-2-5-4-8-6(9)3-7(8)10-5/h2*2,7H,3-4H2,1H3/t2*7-/m11/s1. The normalized spacial score (nSPS) is 33.7. The van der Waals surface area contributed by atoms with Gasteiger partial charge in [0.05, 0.1) is 25.9 Å². The fourth-order valence-electron chi connectivity index (χ4n) is 2.52. The number of ether oxygens (including phenoxy) is 2. The van der Waals surface area contributed by atoms with Crippen molar-refractivity contribution < 1.29 is 19.1 Å². The fourth-order valence-corrected chi connectivity index (χ4v) is 2.52. The molecule has 20 heavy (non-hydrogen) atoms. The molecule has 0 bridgehead atoms. The number of hydrogen-bond acceptors (Lipinski definition) is 4. The summed E-state index contributed by atoms with van der Waals surface area (Å²) in [7, 11) is 0. The van der Waals surface area contributed by atoms with Crippen LogP contribution in [0, 0.1) is 0 Å². The summed E-state index contributed by atoms with van der Waals surface area (Å²) in [6.07, 6.45) is 5.09. The molecule has 0 aromatic heterocycles. The van der Waals surface area contributed by atoms with Crippen molar-refractivity contribution in [3.05, 3.63) is 23.7 Å². The first-order valence-corrected chi connectivity index (χ1v) is 6.85. The lowest BCUT2D eigenvalue weighted by atomic mass is 10.2. The largest absolute Gasteiger partial charge is 0.473 e. The monoisotopic (exact) mass is 278 g/mol. The molecule has 0 aromatic carbocycles. The molecule has 0 radical (unpaired) electrons. The van der Waals surface area contributed by atoms with Crippen LogP contribution in [-0.4, -0.2) is 47.2 Å². The molecule has 4 heterocycles. The Balaban J connectivity index is 0.000000121. The molecule has 4 aliphatic rings. The van der Waals surface area contributed by atoms with Crippen LogP contribution in [0.4, 0.5) is 0 Å². The van der Waals surface area contributed by atoms with Gasteiger partial charge in [0.1, 0.15) is 11.5 Å². The van der Waals surface area contributed by atoms with E-state index in [1.807, 2.05) is 26.0 Å². The van der Waals surface area contributed by atoms with E-state index in [9.17, 15) is 9.59 Å². The molecule has 4 saturated heterocycles. The highest BCUT2D eigenvalue weighted by Crippen LogP contribution is 2.30. The van der Waals surface area contributed by atoms with Gasteiger partial charge in [0.15, 0.2) is 12.5 Å². The van der Waals surface area contributed by atoms with Gasteiger partial charge in [-0.25, -0.2) is 0 Å². The van der Waals surface area contributed by atoms with E-state index >= 15 is 0 Å². The lowest BCUT2D eigenvalue weighted by molar-refractivity contribution is -0.154. The van der Waals surface area contributed by atoms with Crippen LogP contribution in [0.25, 0.3) is 0 Å². The van der Waals surface area contributed by atoms with E-state index in [1.54, 1.807) is 9.80 Å². The Morgan fingerprint density at radius 2 is 1.30 bits per heavy atom. The maximum Gasteiger partial charge on any atom is 0.231 e. The molecule has 2 amide bonds. The van der Waals surface area contributed by atoms with Crippen LogP contribution in [0.2, 0.25) is 0 Å². The second kappa shape index (κ2) is 4.85. The van der Waals surface area contributed by atoms with E-state index in [0.717, 1.165) is 11.5 Å². The Bertz CT molecular complexity index is 465. The molecule has 0 aromatic rings. The zero-order valence-corrected chi connectivity index (χ0v) is 11.7. The summed E-state index contributed by atoms with van der Waals surface area (Å²) in [5.74, 6) is 2.27. The minimum atomic E-state index is 0.0682. The SMILES string of the molecule is CC=C1CN2C(=O)C[C@H]2O1.CC=C1CN2C(=O)C[C@H]2O1. The molecule has 4 fully saturated rings. The highest BCUT2D eigenvalue weighted by molar-refractivity contribution is 5.83. The molecule has 6 nitrogen and oxygen atoms in total. The predicted octanol–water partition coefficient (Wildman–Crippen LogP) is 0.958. The molecule has 4 aliphatic heterocycles.